The van der Waals surface area contributed by atoms with Gasteiger partial charge in [-0.15, -0.1) is 0 Å². The lowest BCUT2D eigenvalue weighted by Gasteiger charge is -2.13. The van der Waals surface area contributed by atoms with Gasteiger partial charge in [0.15, 0.2) is 0 Å². The maximum atomic E-state index is 12.0. The van der Waals surface area contributed by atoms with E-state index in [1.807, 2.05) is 30.3 Å². The number of rotatable bonds is 5. The van der Waals surface area contributed by atoms with Crippen molar-refractivity contribution in [1.29, 1.82) is 0 Å². The molecular formula is C21H22N4O. The minimum absolute atomic E-state index is 0.0151. The van der Waals surface area contributed by atoms with Gasteiger partial charge in [-0.05, 0) is 30.2 Å². The lowest BCUT2D eigenvalue weighted by atomic mass is 10.1. The molecule has 3 aromatic rings. The number of hydrogen-bond acceptors (Lipinski definition) is 4. The average Bonchev–Trinajstić information content (AvgIpc) is 2.66. The summed E-state index contributed by atoms with van der Waals surface area (Å²) in [6.45, 7) is 2.76. The van der Waals surface area contributed by atoms with Gasteiger partial charge >= 0.3 is 0 Å². The van der Waals surface area contributed by atoms with Crippen LogP contribution in [-0.4, -0.2) is 34.9 Å². The highest BCUT2D eigenvalue weighted by molar-refractivity contribution is 5.94. The van der Waals surface area contributed by atoms with Gasteiger partial charge in [0.25, 0.3) is 5.91 Å². The number of nitrogens with one attached hydrogen (secondary N) is 1. The SMILES string of the molecule is Cc1cccc(CNc2ncncc2-c2ccc(C(=O)N(C)C)cc2)c1. The van der Waals surface area contributed by atoms with Crippen molar-refractivity contribution in [2.45, 2.75) is 13.5 Å². The largest absolute Gasteiger partial charge is 0.365 e. The molecule has 0 spiro atoms. The summed E-state index contributed by atoms with van der Waals surface area (Å²) >= 11 is 0. The van der Waals surface area contributed by atoms with Crippen molar-refractivity contribution >= 4 is 11.7 Å². The molecule has 0 bridgehead atoms. The predicted octanol–water partition coefficient (Wildman–Crippen LogP) is 3.77. The highest BCUT2D eigenvalue weighted by Crippen LogP contribution is 2.26. The van der Waals surface area contributed by atoms with Crippen molar-refractivity contribution in [1.82, 2.24) is 14.9 Å². The Morgan fingerprint density at radius 3 is 2.58 bits per heavy atom. The van der Waals surface area contributed by atoms with Crippen LogP contribution in [0.15, 0.2) is 61.1 Å². The highest BCUT2D eigenvalue weighted by atomic mass is 16.2. The number of hydrogen-bond donors (Lipinski definition) is 1. The second-order valence-corrected chi connectivity index (χ2v) is 6.40. The van der Waals surface area contributed by atoms with E-state index in [0.717, 1.165) is 16.9 Å². The van der Waals surface area contributed by atoms with E-state index < -0.39 is 0 Å². The summed E-state index contributed by atoms with van der Waals surface area (Å²) in [5.41, 5.74) is 4.95. The smallest absolute Gasteiger partial charge is 0.253 e. The first-order chi connectivity index (χ1) is 12.5. The van der Waals surface area contributed by atoms with Crippen LogP contribution in [0, 0.1) is 6.92 Å². The minimum atomic E-state index is -0.0151. The molecule has 2 aromatic carbocycles. The fraction of sp³-hybridized carbons (Fsp3) is 0.190. The first-order valence-electron chi connectivity index (χ1n) is 8.46. The lowest BCUT2D eigenvalue weighted by Crippen LogP contribution is -2.21. The molecular weight excluding hydrogens is 324 g/mol. The van der Waals surface area contributed by atoms with Crippen LogP contribution in [0.2, 0.25) is 0 Å². The molecule has 0 unspecified atom stereocenters. The molecule has 1 N–H and O–H groups in total. The van der Waals surface area contributed by atoms with Crippen LogP contribution in [0.5, 0.6) is 0 Å². The van der Waals surface area contributed by atoms with E-state index in [1.165, 1.54) is 17.5 Å². The second kappa shape index (κ2) is 7.78. The standard InChI is InChI=1S/C21H22N4O/c1-15-5-4-6-16(11-15)12-23-20-19(13-22-14-24-20)17-7-9-18(10-8-17)21(26)25(2)3/h4-11,13-14H,12H2,1-3H3,(H,22,23,24). The van der Waals surface area contributed by atoms with Crippen molar-refractivity contribution < 1.29 is 4.79 Å². The molecule has 5 nitrogen and oxygen atoms in total. The Morgan fingerprint density at radius 2 is 1.88 bits per heavy atom. The van der Waals surface area contributed by atoms with Crippen molar-refractivity contribution in [2.24, 2.45) is 0 Å². The normalized spacial score (nSPS) is 10.4. The van der Waals surface area contributed by atoms with Gasteiger partial charge < -0.3 is 10.2 Å². The van der Waals surface area contributed by atoms with Crippen molar-refractivity contribution in [2.75, 3.05) is 19.4 Å². The van der Waals surface area contributed by atoms with Crippen LogP contribution in [-0.2, 0) is 6.54 Å². The zero-order chi connectivity index (χ0) is 18.5. The van der Waals surface area contributed by atoms with E-state index in [9.17, 15) is 4.79 Å². The molecule has 0 aliphatic carbocycles. The fourth-order valence-corrected chi connectivity index (χ4v) is 2.74. The Bertz CT molecular complexity index is 904. The Kier molecular flexibility index (Phi) is 5.27. The number of anilines is 1. The third kappa shape index (κ3) is 4.06. The molecule has 0 saturated carbocycles. The van der Waals surface area contributed by atoms with E-state index in [0.29, 0.717) is 12.1 Å². The summed E-state index contributed by atoms with van der Waals surface area (Å²) in [5.74, 6) is 0.756. The van der Waals surface area contributed by atoms with E-state index in [4.69, 9.17) is 0 Å². The Labute approximate surface area is 153 Å². The van der Waals surface area contributed by atoms with E-state index in [-0.39, 0.29) is 5.91 Å². The molecule has 0 fully saturated rings. The number of aromatic nitrogens is 2. The van der Waals surface area contributed by atoms with Gasteiger partial charge in [-0.2, -0.15) is 0 Å². The van der Waals surface area contributed by atoms with Gasteiger partial charge in [0.1, 0.15) is 12.1 Å². The van der Waals surface area contributed by atoms with Crippen molar-refractivity contribution in [3.8, 4) is 11.1 Å². The molecule has 0 aliphatic heterocycles. The lowest BCUT2D eigenvalue weighted by molar-refractivity contribution is 0.0827. The first-order valence-corrected chi connectivity index (χ1v) is 8.46. The Balaban J connectivity index is 1.81. The summed E-state index contributed by atoms with van der Waals surface area (Å²) < 4.78 is 0. The van der Waals surface area contributed by atoms with Gasteiger partial charge in [0.2, 0.25) is 0 Å². The Morgan fingerprint density at radius 1 is 1.12 bits per heavy atom. The number of aryl methyl sites for hydroxylation is 1. The van der Waals surface area contributed by atoms with Crippen LogP contribution >= 0.6 is 0 Å². The summed E-state index contributed by atoms with van der Waals surface area (Å²) in [6.07, 6.45) is 3.32. The molecule has 1 aromatic heterocycles. The maximum absolute atomic E-state index is 12.0. The average molecular weight is 346 g/mol. The topological polar surface area (TPSA) is 58.1 Å². The summed E-state index contributed by atoms with van der Waals surface area (Å²) in [7, 11) is 3.49. The number of carbonyl (C=O) groups excluding carboxylic acids is 1. The van der Waals surface area contributed by atoms with Gasteiger partial charge in [-0.25, -0.2) is 9.97 Å². The van der Waals surface area contributed by atoms with Crippen molar-refractivity contribution in [3.63, 3.8) is 0 Å². The highest BCUT2D eigenvalue weighted by Gasteiger charge is 2.10. The van der Waals surface area contributed by atoms with Crippen LogP contribution in [0.3, 0.4) is 0 Å². The zero-order valence-electron chi connectivity index (χ0n) is 15.2. The zero-order valence-corrected chi connectivity index (χ0v) is 15.2. The van der Waals surface area contributed by atoms with E-state index in [2.05, 4.69) is 40.4 Å². The van der Waals surface area contributed by atoms with Gasteiger partial charge in [-0.3, -0.25) is 4.79 Å². The summed E-state index contributed by atoms with van der Waals surface area (Å²) in [6, 6.07) is 15.9. The Hall–Kier alpha value is -3.21. The minimum Gasteiger partial charge on any atom is -0.365 e. The maximum Gasteiger partial charge on any atom is 0.253 e. The third-order valence-corrected chi connectivity index (χ3v) is 4.10. The first kappa shape index (κ1) is 17.6. The van der Waals surface area contributed by atoms with Crippen LogP contribution in [0.4, 0.5) is 5.82 Å². The van der Waals surface area contributed by atoms with E-state index in [1.54, 1.807) is 25.2 Å². The quantitative estimate of drug-likeness (QED) is 0.764. The summed E-state index contributed by atoms with van der Waals surface area (Å²) in [4.78, 5) is 22.1. The number of carbonyl (C=O) groups is 1. The molecule has 1 heterocycles. The number of amides is 1. The molecule has 3 rings (SSSR count). The van der Waals surface area contributed by atoms with Gasteiger partial charge in [0, 0.05) is 38.0 Å². The monoisotopic (exact) mass is 346 g/mol. The predicted molar refractivity (Wildman–Crippen MR) is 104 cm³/mol. The van der Waals surface area contributed by atoms with Crippen LogP contribution < -0.4 is 5.32 Å². The fourth-order valence-electron chi connectivity index (χ4n) is 2.74. The molecule has 0 radical (unpaired) electrons. The van der Waals surface area contributed by atoms with E-state index >= 15 is 0 Å². The summed E-state index contributed by atoms with van der Waals surface area (Å²) in [5, 5.41) is 3.38. The van der Waals surface area contributed by atoms with Crippen molar-refractivity contribution in [3.05, 3.63) is 77.7 Å². The number of benzene rings is 2. The molecule has 26 heavy (non-hydrogen) atoms. The molecule has 0 saturated heterocycles. The molecule has 132 valence electrons. The third-order valence-electron chi connectivity index (χ3n) is 4.10. The van der Waals surface area contributed by atoms with Gasteiger partial charge in [-0.1, -0.05) is 42.0 Å². The molecule has 0 aliphatic rings. The van der Waals surface area contributed by atoms with Gasteiger partial charge in [0.05, 0.1) is 0 Å². The molecule has 0 atom stereocenters. The second-order valence-electron chi connectivity index (χ2n) is 6.40. The van der Waals surface area contributed by atoms with Crippen LogP contribution in [0.25, 0.3) is 11.1 Å². The number of nitrogens with zero attached hydrogens (tertiary/aromatic N) is 3. The molecule has 1 amide bonds. The van der Waals surface area contributed by atoms with Crippen LogP contribution in [0.1, 0.15) is 21.5 Å². The molecule has 5 heteroatoms.